The topological polar surface area (TPSA) is 70.7 Å². The number of aromatic nitrogens is 1. The predicted molar refractivity (Wildman–Crippen MR) is 137 cm³/mol. The van der Waals surface area contributed by atoms with Gasteiger partial charge in [-0.2, -0.15) is 0 Å². The molecule has 2 fully saturated rings. The molecule has 35 heavy (non-hydrogen) atoms. The minimum absolute atomic E-state index is 0.0119. The van der Waals surface area contributed by atoms with Crippen molar-refractivity contribution in [2.24, 2.45) is 0 Å². The average Bonchev–Trinajstić information content (AvgIpc) is 3.31. The summed E-state index contributed by atoms with van der Waals surface area (Å²) in [5.41, 5.74) is 1.31. The summed E-state index contributed by atoms with van der Waals surface area (Å²) in [5, 5.41) is 3.38. The van der Waals surface area contributed by atoms with Crippen LogP contribution in [-0.4, -0.2) is 63.9 Å². The van der Waals surface area contributed by atoms with Crippen LogP contribution in [-0.2, 0) is 11.3 Å². The zero-order chi connectivity index (χ0) is 24.3. The number of hydrogen-bond acceptors (Lipinski definition) is 4. The molecule has 0 unspecified atom stereocenters. The van der Waals surface area contributed by atoms with E-state index in [1.165, 1.54) is 44.9 Å². The second-order valence-corrected chi connectivity index (χ2v) is 11.1. The number of amides is 2. The van der Waals surface area contributed by atoms with E-state index >= 15 is 0 Å². The van der Waals surface area contributed by atoms with E-state index in [0.29, 0.717) is 24.4 Å². The highest BCUT2D eigenvalue weighted by molar-refractivity contribution is 6.02. The van der Waals surface area contributed by atoms with Gasteiger partial charge in [0.05, 0.1) is 18.3 Å². The zero-order valence-electron chi connectivity index (χ0n) is 21.4. The maximum atomic E-state index is 13.9. The number of fused-ring (bicyclic) bond motifs is 3. The SMILES string of the molecule is C[C@]1(C(=O)NC2CCCCCCC2)Cn2c(cc3occc32)C(=O)N1CCCN1CCCCCC1. The standard InChI is InChI=1S/C28H42N4O3/c1-28(27(34)29-22-12-7-3-2-4-8-13-22)21-31-23-14-19-35-25(23)20-24(31)26(33)32(28)18-11-17-30-15-9-5-6-10-16-30/h14,19-20,22H,2-13,15-18,21H2,1H3,(H,29,34)/t28-/m1/s1. The Balaban J connectivity index is 1.35. The first-order valence-corrected chi connectivity index (χ1v) is 14.0. The molecule has 2 aromatic heterocycles. The number of nitrogens with one attached hydrogen (secondary N) is 1. The van der Waals surface area contributed by atoms with Crippen LogP contribution in [0.4, 0.5) is 0 Å². The molecule has 0 radical (unpaired) electrons. The third kappa shape index (κ3) is 5.16. The van der Waals surface area contributed by atoms with Gasteiger partial charge >= 0.3 is 0 Å². The summed E-state index contributed by atoms with van der Waals surface area (Å²) in [7, 11) is 0. The van der Waals surface area contributed by atoms with Crippen LogP contribution >= 0.6 is 0 Å². The fourth-order valence-corrected chi connectivity index (χ4v) is 6.38. The van der Waals surface area contributed by atoms with Gasteiger partial charge in [-0.1, -0.05) is 44.9 Å². The highest BCUT2D eigenvalue weighted by Crippen LogP contribution is 2.33. The minimum Gasteiger partial charge on any atom is -0.463 e. The van der Waals surface area contributed by atoms with Gasteiger partial charge in [0.15, 0.2) is 5.58 Å². The first kappa shape index (κ1) is 24.4. The van der Waals surface area contributed by atoms with Crippen molar-refractivity contribution >= 4 is 22.9 Å². The summed E-state index contributed by atoms with van der Waals surface area (Å²) >= 11 is 0. The Bertz CT molecular complexity index is 1010. The summed E-state index contributed by atoms with van der Waals surface area (Å²) in [4.78, 5) is 32.1. The number of carbonyl (C=O) groups excluding carboxylic acids is 2. The van der Waals surface area contributed by atoms with Gasteiger partial charge in [0.2, 0.25) is 5.91 Å². The molecule has 7 nitrogen and oxygen atoms in total. The van der Waals surface area contributed by atoms with E-state index in [0.717, 1.165) is 57.3 Å². The maximum Gasteiger partial charge on any atom is 0.271 e. The Morgan fingerprint density at radius 3 is 2.46 bits per heavy atom. The van der Waals surface area contributed by atoms with E-state index in [9.17, 15) is 9.59 Å². The molecule has 3 aliphatic rings. The number of nitrogens with zero attached hydrogens (tertiary/aromatic N) is 3. The zero-order valence-corrected chi connectivity index (χ0v) is 21.4. The van der Waals surface area contributed by atoms with E-state index in [1.807, 2.05) is 28.5 Å². The smallest absolute Gasteiger partial charge is 0.271 e. The monoisotopic (exact) mass is 482 g/mol. The molecule has 7 heteroatoms. The van der Waals surface area contributed by atoms with Crippen molar-refractivity contribution in [3.05, 3.63) is 24.1 Å². The average molecular weight is 483 g/mol. The van der Waals surface area contributed by atoms with Crippen molar-refractivity contribution in [3.8, 4) is 0 Å². The van der Waals surface area contributed by atoms with Gasteiger partial charge in [0.25, 0.3) is 5.91 Å². The van der Waals surface area contributed by atoms with Crippen LogP contribution in [0.1, 0.15) is 94.5 Å². The van der Waals surface area contributed by atoms with Gasteiger partial charge in [0.1, 0.15) is 11.2 Å². The van der Waals surface area contributed by atoms with E-state index in [1.54, 1.807) is 6.26 Å². The summed E-state index contributed by atoms with van der Waals surface area (Å²) < 4.78 is 7.59. The van der Waals surface area contributed by atoms with Gasteiger partial charge in [-0.15, -0.1) is 0 Å². The van der Waals surface area contributed by atoms with Gasteiger partial charge in [-0.25, -0.2) is 0 Å². The predicted octanol–water partition coefficient (Wildman–Crippen LogP) is 4.94. The molecular formula is C28H42N4O3. The van der Waals surface area contributed by atoms with Crippen LogP contribution < -0.4 is 5.32 Å². The first-order valence-electron chi connectivity index (χ1n) is 14.0. The molecule has 0 aromatic carbocycles. The Morgan fingerprint density at radius 1 is 1.03 bits per heavy atom. The molecule has 0 spiro atoms. The van der Waals surface area contributed by atoms with Crippen molar-refractivity contribution in [2.45, 2.75) is 102 Å². The Hall–Kier alpha value is -2.28. The Kier molecular flexibility index (Phi) is 7.51. The molecule has 4 heterocycles. The number of hydrogen-bond donors (Lipinski definition) is 1. The van der Waals surface area contributed by atoms with Crippen LogP contribution in [0.15, 0.2) is 22.8 Å². The summed E-state index contributed by atoms with van der Waals surface area (Å²) in [6.45, 7) is 6.28. The largest absolute Gasteiger partial charge is 0.463 e. The maximum absolute atomic E-state index is 13.9. The van der Waals surface area contributed by atoms with E-state index in [-0.39, 0.29) is 17.9 Å². The number of likely N-dealkylation sites (tertiary alicyclic amines) is 1. The van der Waals surface area contributed by atoms with Gasteiger partial charge in [0, 0.05) is 24.7 Å². The van der Waals surface area contributed by atoms with Crippen LogP contribution in [0.5, 0.6) is 0 Å². The van der Waals surface area contributed by atoms with Crippen LogP contribution in [0, 0.1) is 0 Å². The van der Waals surface area contributed by atoms with E-state index in [2.05, 4.69) is 10.2 Å². The van der Waals surface area contributed by atoms with Crippen molar-refractivity contribution < 1.29 is 14.0 Å². The fraction of sp³-hybridized carbons (Fsp3) is 0.714. The number of carbonyl (C=O) groups is 2. The Labute approximate surface area is 209 Å². The quantitative estimate of drug-likeness (QED) is 0.633. The molecule has 192 valence electrons. The summed E-state index contributed by atoms with van der Waals surface area (Å²) in [6.07, 6.45) is 15.9. The molecule has 1 saturated carbocycles. The van der Waals surface area contributed by atoms with E-state index in [4.69, 9.17) is 4.42 Å². The molecule has 2 amide bonds. The normalized spacial score (nSPS) is 25.2. The molecule has 2 aromatic rings. The first-order chi connectivity index (χ1) is 17.1. The number of furan rings is 1. The molecular weight excluding hydrogens is 440 g/mol. The van der Waals surface area contributed by atoms with Gasteiger partial charge in [-0.3, -0.25) is 9.59 Å². The molecule has 1 N–H and O–H groups in total. The fourth-order valence-electron chi connectivity index (χ4n) is 6.38. The van der Waals surface area contributed by atoms with Crippen molar-refractivity contribution in [2.75, 3.05) is 26.2 Å². The molecule has 5 rings (SSSR count). The van der Waals surface area contributed by atoms with Crippen LogP contribution in [0.25, 0.3) is 11.1 Å². The van der Waals surface area contributed by atoms with Crippen LogP contribution in [0.3, 0.4) is 0 Å². The Morgan fingerprint density at radius 2 is 1.71 bits per heavy atom. The van der Waals surface area contributed by atoms with E-state index < -0.39 is 5.54 Å². The summed E-state index contributed by atoms with van der Waals surface area (Å²) in [5.74, 6) is -0.0731. The highest BCUT2D eigenvalue weighted by Gasteiger charge is 2.48. The second-order valence-electron chi connectivity index (χ2n) is 11.1. The lowest BCUT2D eigenvalue weighted by atomic mass is 9.92. The lowest BCUT2D eigenvalue weighted by Gasteiger charge is -2.45. The van der Waals surface area contributed by atoms with Crippen molar-refractivity contribution in [1.82, 2.24) is 19.7 Å². The van der Waals surface area contributed by atoms with Crippen molar-refractivity contribution in [3.63, 3.8) is 0 Å². The van der Waals surface area contributed by atoms with Gasteiger partial charge in [-0.05, 0) is 58.7 Å². The molecule has 1 aliphatic carbocycles. The highest BCUT2D eigenvalue weighted by atomic mass is 16.3. The lowest BCUT2D eigenvalue weighted by molar-refractivity contribution is -0.133. The third-order valence-electron chi connectivity index (χ3n) is 8.53. The second kappa shape index (κ2) is 10.8. The third-order valence-corrected chi connectivity index (χ3v) is 8.53. The minimum atomic E-state index is -0.922. The van der Waals surface area contributed by atoms with Crippen molar-refractivity contribution in [1.29, 1.82) is 0 Å². The van der Waals surface area contributed by atoms with Crippen LogP contribution in [0.2, 0.25) is 0 Å². The molecule has 2 aliphatic heterocycles. The van der Waals surface area contributed by atoms with Gasteiger partial charge < -0.3 is 24.1 Å². The lowest BCUT2D eigenvalue weighted by Crippen LogP contribution is -2.65. The number of rotatable bonds is 6. The summed E-state index contributed by atoms with van der Waals surface area (Å²) in [6, 6.07) is 3.94. The molecule has 1 saturated heterocycles. The molecule has 0 bridgehead atoms. The molecule has 1 atom stereocenters.